The van der Waals surface area contributed by atoms with Crippen LogP contribution < -0.4 is 30.6 Å². The van der Waals surface area contributed by atoms with Crippen LogP contribution in [-0.2, 0) is 28.8 Å². The van der Waals surface area contributed by atoms with Gasteiger partial charge in [-0.15, -0.1) is 0 Å². The van der Waals surface area contributed by atoms with Crippen LogP contribution in [0.3, 0.4) is 0 Å². The first-order valence-corrected chi connectivity index (χ1v) is 24.1. The van der Waals surface area contributed by atoms with Crippen molar-refractivity contribution in [3.63, 3.8) is 0 Å². The third kappa shape index (κ3) is 79.0. The van der Waals surface area contributed by atoms with Gasteiger partial charge in [0.05, 0.1) is 0 Å². The average molecular weight is 1270 g/mol. The standard InChI is InChI=1S/3C16H30O4.2Bi/c3*17-15(18)13-11-9-7-5-3-1-2-4-6-8-10-12-14-16(19)20;;/h3*1-14H2,(H,17,18)(H,19,20);;/q;;;2*+3/p-6. The normalized spacial score (nSPS) is 10.3. The number of hydrogen-bond acceptors (Lipinski definition) is 12. The van der Waals surface area contributed by atoms with E-state index >= 15 is 0 Å². The molecule has 62 heavy (non-hydrogen) atoms. The molecule has 0 bridgehead atoms. The first-order chi connectivity index (χ1) is 28.9. The number of carboxylic acids is 6. The molecule has 0 aliphatic heterocycles. The van der Waals surface area contributed by atoms with Crippen molar-refractivity contribution in [2.24, 2.45) is 0 Å². The Bertz CT molecular complexity index is 811. The molecule has 0 aliphatic rings. The first-order valence-electron chi connectivity index (χ1n) is 24.1. The van der Waals surface area contributed by atoms with Crippen LogP contribution in [0.4, 0.5) is 0 Å². The summed E-state index contributed by atoms with van der Waals surface area (Å²) in [7, 11) is 0. The Kier molecular flexibility index (Phi) is 66.9. The summed E-state index contributed by atoms with van der Waals surface area (Å²) in [6.45, 7) is 0. The molecule has 0 fully saturated rings. The van der Waals surface area contributed by atoms with Gasteiger partial charge in [0.1, 0.15) is 0 Å². The van der Waals surface area contributed by atoms with Crippen LogP contribution in [-0.4, -0.2) is 88.2 Å². The van der Waals surface area contributed by atoms with Gasteiger partial charge in [-0.2, -0.15) is 0 Å². The van der Waals surface area contributed by atoms with Gasteiger partial charge in [0, 0.05) is 35.8 Å². The molecule has 0 aromatic carbocycles. The van der Waals surface area contributed by atoms with Crippen LogP contribution in [0.2, 0.25) is 0 Å². The maximum Gasteiger partial charge on any atom is 3.00 e. The van der Waals surface area contributed by atoms with E-state index in [4.69, 9.17) is 0 Å². The first kappa shape index (κ1) is 69.6. The van der Waals surface area contributed by atoms with Crippen molar-refractivity contribution in [2.75, 3.05) is 0 Å². The van der Waals surface area contributed by atoms with Gasteiger partial charge in [-0.1, -0.05) is 193 Å². The van der Waals surface area contributed by atoms with E-state index in [1.165, 1.54) is 116 Å². The van der Waals surface area contributed by atoms with Gasteiger partial charge in [-0.05, 0) is 77.0 Å². The van der Waals surface area contributed by atoms with Gasteiger partial charge in [0.25, 0.3) is 0 Å². The molecule has 0 heterocycles. The Balaban J connectivity index is -0.000000258. The molecule has 358 valence electrons. The third-order valence-corrected chi connectivity index (χ3v) is 10.5. The van der Waals surface area contributed by atoms with Gasteiger partial charge in [0.15, 0.2) is 0 Å². The van der Waals surface area contributed by atoms with Gasteiger partial charge in [0.2, 0.25) is 0 Å². The maximum atomic E-state index is 10.2. The minimum Gasteiger partial charge on any atom is -0.550 e. The fourth-order valence-corrected chi connectivity index (χ4v) is 6.92. The smallest absolute Gasteiger partial charge is 0.550 e. The predicted octanol–water partition coefficient (Wildman–Crippen LogP) is 5.08. The molecule has 0 rings (SSSR count). The van der Waals surface area contributed by atoms with E-state index in [1.54, 1.807) is 0 Å². The molecular formula is C48H84Bi2O12. The molecular weight excluding hydrogens is 1190 g/mol. The molecule has 0 spiro atoms. The van der Waals surface area contributed by atoms with Crippen LogP contribution in [0.15, 0.2) is 0 Å². The number of unbranched alkanes of at least 4 members (excludes halogenated alkanes) is 33. The second kappa shape index (κ2) is 59.6. The Labute approximate surface area is 414 Å². The van der Waals surface area contributed by atoms with Crippen LogP contribution in [0.5, 0.6) is 0 Å². The Hall–Kier alpha value is -1.41. The monoisotopic (exact) mass is 1270 g/mol. The van der Waals surface area contributed by atoms with E-state index in [0.29, 0.717) is 0 Å². The number of carboxylic acid groups (broad SMARTS) is 6. The fraction of sp³-hybridized carbons (Fsp3) is 0.875. The van der Waals surface area contributed by atoms with Gasteiger partial charge in [-0.3, -0.25) is 0 Å². The van der Waals surface area contributed by atoms with E-state index in [-0.39, 0.29) is 90.9 Å². The summed E-state index contributed by atoms with van der Waals surface area (Å²) in [4.78, 5) is 61.1. The summed E-state index contributed by atoms with van der Waals surface area (Å²) in [6, 6.07) is 0. The van der Waals surface area contributed by atoms with Crippen molar-refractivity contribution in [1.29, 1.82) is 0 Å². The molecule has 4 radical (unpaired) electrons. The molecule has 0 aromatic rings. The van der Waals surface area contributed by atoms with Crippen LogP contribution in [0, 0.1) is 0 Å². The number of rotatable bonds is 45. The second-order valence-electron chi connectivity index (χ2n) is 16.5. The molecule has 0 saturated carbocycles. The molecule has 0 aliphatic carbocycles. The summed E-state index contributed by atoms with van der Waals surface area (Å²) in [6.07, 6.45) is 40.4. The SMILES string of the molecule is O=C([O-])CCCCCCCCCCCCCCC(=O)[O-].O=C([O-])CCCCCCCCCCCCCCC(=O)[O-].O=C([O-])CCCCCCCCCCCCCCC(=O)[O-].[Bi+3].[Bi+3]. The molecule has 0 N–H and O–H groups in total. The third-order valence-electron chi connectivity index (χ3n) is 10.5. The number of hydrogen-bond donors (Lipinski definition) is 0. The minimum absolute atomic E-state index is 0. The second-order valence-corrected chi connectivity index (χ2v) is 16.5. The van der Waals surface area contributed by atoms with Crippen molar-refractivity contribution >= 4 is 88.2 Å². The van der Waals surface area contributed by atoms with Crippen molar-refractivity contribution in [3.05, 3.63) is 0 Å². The quantitative estimate of drug-likeness (QED) is 0.0573. The summed E-state index contributed by atoms with van der Waals surface area (Å²) < 4.78 is 0. The van der Waals surface area contributed by atoms with Gasteiger partial charge >= 0.3 is 52.4 Å². The zero-order valence-electron chi connectivity index (χ0n) is 38.5. The van der Waals surface area contributed by atoms with Gasteiger partial charge < -0.3 is 59.4 Å². The molecule has 14 heteroatoms. The van der Waals surface area contributed by atoms with Crippen molar-refractivity contribution in [1.82, 2.24) is 0 Å². The van der Waals surface area contributed by atoms with E-state index in [2.05, 4.69) is 0 Å². The van der Waals surface area contributed by atoms with Crippen LogP contribution in [0.1, 0.15) is 270 Å². The molecule has 0 saturated heterocycles. The number of aliphatic carboxylic acids is 6. The fourth-order valence-electron chi connectivity index (χ4n) is 6.92. The Morgan fingerprint density at radius 3 is 0.290 bits per heavy atom. The summed E-state index contributed by atoms with van der Waals surface area (Å²) in [5, 5.41) is 61.1. The number of carbonyl (C=O) groups excluding carboxylic acids is 6. The van der Waals surface area contributed by atoms with Crippen molar-refractivity contribution in [3.8, 4) is 0 Å². The van der Waals surface area contributed by atoms with Crippen molar-refractivity contribution in [2.45, 2.75) is 270 Å². The number of carbonyl (C=O) groups is 6. The Morgan fingerprint density at radius 1 is 0.161 bits per heavy atom. The van der Waals surface area contributed by atoms with Crippen LogP contribution in [0.25, 0.3) is 0 Å². The minimum atomic E-state index is -0.940. The molecule has 0 amide bonds. The van der Waals surface area contributed by atoms with Crippen molar-refractivity contribution < 1.29 is 59.4 Å². The molecule has 0 atom stereocenters. The van der Waals surface area contributed by atoms with Crippen LogP contribution >= 0.6 is 0 Å². The predicted molar refractivity (Wildman–Crippen MR) is 235 cm³/mol. The zero-order chi connectivity index (χ0) is 45.2. The summed E-state index contributed by atoms with van der Waals surface area (Å²) in [5.74, 6) is -5.64. The topological polar surface area (TPSA) is 241 Å². The molecule has 0 aromatic heterocycles. The summed E-state index contributed by atoms with van der Waals surface area (Å²) in [5.41, 5.74) is 0. The van der Waals surface area contributed by atoms with Gasteiger partial charge in [-0.25, -0.2) is 0 Å². The van der Waals surface area contributed by atoms with E-state index in [1.807, 2.05) is 0 Å². The van der Waals surface area contributed by atoms with E-state index in [9.17, 15) is 59.4 Å². The summed E-state index contributed by atoms with van der Waals surface area (Å²) >= 11 is 0. The maximum absolute atomic E-state index is 10.2. The largest absolute Gasteiger partial charge is 3.00 e. The van der Waals surface area contributed by atoms with E-state index < -0.39 is 35.8 Å². The zero-order valence-corrected chi connectivity index (χ0v) is 45.4. The molecule has 12 nitrogen and oxygen atoms in total. The average Bonchev–Trinajstić information content (AvgIpc) is 3.18. The van der Waals surface area contributed by atoms with E-state index in [0.717, 1.165) is 116 Å². The molecule has 0 unspecified atom stereocenters. The Morgan fingerprint density at radius 2 is 0.226 bits per heavy atom.